The molecular formula is C14H22N2O4S. The van der Waals surface area contributed by atoms with Gasteiger partial charge in [0.1, 0.15) is 0 Å². The van der Waals surface area contributed by atoms with Crippen molar-refractivity contribution in [2.75, 3.05) is 12.4 Å². The van der Waals surface area contributed by atoms with Crippen molar-refractivity contribution < 1.29 is 19.4 Å². The fraction of sp³-hybridized carbons (Fsp3) is 0.643. The van der Waals surface area contributed by atoms with Gasteiger partial charge in [-0.15, -0.1) is 0 Å². The zero-order valence-electron chi connectivity index (χ0n) is 12.9. The van der Waals surface area contributed by atoms with Crippen molar-refractivity contribution in [2.24, 2.45) is 0 Å². The summed E-state index contributed by atoms with van der Waals surface area (Å²) >= 11 is 1.16. The Hall–Kier alpha value is -1.50. The zero-order valence-corrected chi connectivity index (χ0v) is 13.7. The van der Waals surface area contributed by atoms with Gasteiger partial charge in [0.05, 0.1) is 18.8 Å². The van der Waals surface area contributed by atoms with E-state index in [-0.39, 0.29) is 23.6 Å². The fourth-order valence-electron chi connectivity index (χ4n) is 1.85. The van der Waals surface area contributed by atoms with Gasteiger partial charge in [-0.25, -0.2) is 4.98 Å². The smallest absolute Gasteiger partial charge is 0.313 e. The van der Waals surface area contributed by atoms with Gasteiger partial charge >= 0.3 is 11.9 Å². The van der Waals surface area contributed by atoms with Crippen molar-refractivity contribution in [1.82, 2.24) is 9.55 Å². The van der Waals surface area contributed by atoms with Crippen molar-refractivity contribution in [3.63, 3.8) is 0 Å². The molecule has 6 nitrogen and oxygen atoms in total. The summed E-state index contributed by atoms with van der Waals surface area (Å²) in [5, 5.41) is 9.41. The molecule has 118 valence electrons. The van der Waals surface area contributed by atoms with Crippen LogP contribution in [0.15, 0.2) is 11.4 Å². The molecule has 0 fully saturated rings. The van der Waals surface area contributed by atoms with Crippen LogP contribution >= 0.6 is 11.8 Å². The number of carboxylic acids is 1. The summed E-state index contributed by atoms with van der Waals surface area (Å²) in [5.41, 5.74) is 0.837. The third kappa shape index (κ3) is 5.41. The average Bonchev–Trinajstić information content (AvgIpc) is 2.77. The number of carbonyl (C=O) groups is 2. The predicted octanol–water partition coefficient (Wildman–Crippen LogP) is 2.31. The summed E-state index contributed by atoms with van der Waals surface area (Å²) in [6, 6.07) is 0. The number of ether oxygens (including phenoxy) is 1. The molecule has 1 rings (SSSR count). The van der Waals surface area contributed by atoms with Crippen LogP contribution in [0.2, 0.25) is 0 Å². The molecule has 0 spiro atoms. The highest BCUT2D eigenvalue weighted by molar-refractivity contribution is 7.99. The predicted molar refractivity (Wildman–Crippen MR) is 80.5 cm³/mol. The number of hydrogen-bond donors (Lipinski definition) is 1. The van der Waals surface area contributed by atoms with Gasteiger partial charge in [0.2, 0.25) is 0 Å². The minimum Gasteiger partial charge on any atom is -0.481 e. The van der Waals surface area contributed by atoms with E-state index in [9.17, 15) is 9.59 Å². The highest BCUT2D eigenvalue weighted by Crippen LogP contribution is 2.27. The molecule has 7 heteroatoms. The molecule has 21 heavy (non-hydrogen) atoms. The Morgan fingerprint density at radius 2 is 2.10 bits per heavy atom. The van der Waals surface area contributed by atoms with Crippen LogP contribution in [0, 0.1) is 0 Å². The normalized spacial score (nSPS) is 11.4. The second kappa shape index (κ2) is 7.49. The molecule has 1 aromatic heterocycles. The molecule has 0 unspecified atom stereocenters. The Labute approximate surface area is 128 Å². The molecular weight excluding hydrogens is 292 g/mol. The topological polar surface area (TPSA) is 81.4 Å². The Morgan fingerprint density at radius 1 is 1.43 bits per heavy atom. The Balaban J connectivity index is 2.91. The van der Waals surface area contributed by atoms with E-state index in [0.717, 1.165) is 17.5 Å². The number of hydrogen-bond acceptors (Lipinski definition) is 5. The first-order chi connectivity index (χ1) is 9.75. The van der Waals surface area contributed by atoms with Crippen LogP contribution in [-0.2, 0) is 26.3 Å². The van der Waals surface area contributed by atoms with Crippen molar-refractivity contribution >= 4 is 23.7 Å². The minimum absolute atomic E-state index is 0.0556. The van der Waals surface area contributed by atoms with E-state index < -0.39 is 5.97 Å². The van der Waals surface area contributed by atoms with E-state index in [2.05, 4.69) is 25.8 Å². The number of aromatic nitrogens is 2. The Morgan fingerprint density at radius 3 is 2.62 bits per heavy atom. The number of nitrogens with zero attached hydrogens (tertiary/aromatic N) is 2. The highest BCUT2D eigenvalue weighted by Gasteiger charge is 2.22. The van der Waals surface area contributed by atoms with E-state index in [1.54, 1.807) is 13.1 Å². The Kier molecular flexibility index (Phi) is 6.26. The van der Waals surface area contributed by atoms with Gasteiger partial charge < -0.3 is 14.4 Å². The largest absolute Gasteiger partial charge is 0.481 e. The van der Waals surface area contributed by atoms with E-state index >= 15 is 0 Å². The van der Waals surface area contributed by atoms with Crippen LogP contribution in [0.1, 0.15) is 39.8 Å². The summed E-state index contributed by atoms with van der Waals surface area (Å²) < 4.78 is 6.84. The van der Waals surface area contributed by atoms with Gasteiger partial charge in [-0.3, -0.25) is 9.59 Å². The third-order valence-corrected chi connectivity index (χ3v) is 3.73. The third-order valence-electron chi connectivity index (χ3n) is 2.76. The quantitative estimate of drug-likeness (QED) is 0.614. The lowest BCUT2D eigenvalue weighted by atomic mass is 9.92. The fourth-order valence-corrected chi connectivity index (χ4v) is 2.58. The van der Waals surface area contributed by atoms with Crippen LogP contribution in [0.3, 0.4) is 0 Å². The molecule has 0 aliphatic heterocycles. The molecule has 1 heterocycles. The van der Waals surface area contributed by atoms with Gasteiger partial charge in [0, 0.05) is 23.9 Å². The summed E-state index contributed by atoms with van der Waals surface area (Å²) in [6.07, 6.45) is 1.99. The number of esters is 1. The summed E-state index contributed by atoms with van der Waals surface area (Å²) in [7, 11) is 0. The van der Waals surface area contributed by atoms with E-state index in [1.807, 2.05) is 4.57 Å². The van der Waals surface area contributed by atoms with Crippen molar-refractivity contribution in [3.8, 4) is 0 Å². The van der Waals surface area contributed by atoms with Crippen molar-refractivity contribution in [2.45, 2.75) is 51.2 Å². The van der Waals surface area contributed by atoms with Gasteiger partial charge in [-0.05, 0) is 6.92 Å². The van der Waals surface area contributed by atoms with E-state index in [1.165, 1.54) is 0 Å². The van der Waals surface area contributed by atoms with E-state index in [4.69, 9.17) is 9.84 Å². The van der Waals surface area contributed by atoms with Crippen molar-refractivity contribution in [1.29, 1.82) is 0 Å². The molecule has 0 aromatic carbocycles. The average molecular weight is 314 g/mol. The SMILES string of the molecule is CCOC(=O)CCn1c(C(C)(C)C)cnc1SCC(=O)O. The molecule has 1 aromatic rings. The second-order valence-electron chi connectivity index (χ2n) is 5.57. The first kappa shape index (κ1) is 17.6. The number of rotatable bonds is 7. The lowest BCUT2D eigenvalue weighted by Crippen LogP contribution is -2.20. The summed E-state index contributed by atoms with van der Waals surface area (Å²) in [4.78, 5) is 26.5. The molecule has 0 bridgehead atoms. The van der Waals surface area contributed by atoms with Gasteiger partial charge in [0.15, 0.2) is 5.16 Å². The number of aliphatic carboxylic acids is 1. The van der Waals surface area contributed by atoms with Gasteiger partial charge in [-0.1, -0.05) is 32.5 Å². The van der Waals surface area contributed by atoms with Crippen LogP contribution in [0.4, 0.5) is 0 Å². The number of thioether (sulfide) groups is 1. The van der Waals surface area contributed by atoms with Gasteiger partial charge in [0.25, 0.3) is 0 Å². The van der Waals surface area contributed by atoms with Crippen LogP contribution in [-0.4, -0.2) is 39.0 Å². The zero-order chi connectivity index (χ0) is 16.0. The number of carboxylic acid groups (broad SMARTS) is 1. The maximum absolute atomic E-state index is 11.5. The number of imidazole rings is 1. The van der Waals surface area contributed by atoms with Crippen LogP contribution < -0.4 is 0 Å². The maximum Gasteiger partial charge on any atom is 0.313 e. The van der Waals surface area contributed by atoms with Crippen LogP contribution in [0.5, 0.6) is 0 Å². The summed E-state index contributed by atoms with van der Waals surface area (Å²) in [6.45, 7) is 8.72. The maximum atomic E-state index is 11.5. The first-order valence-electron chi connectivity index (χ1n) is 6.82. The van der Waals surface area contributed by atoms with Gasteiger partial charge in [-0.2, -0.15) is 0 Å². The molecule has 0 aliphatic rings. The first-order valence-corrected chi connectivity index (χ1v) is 7.80. The summed E-state index contributed by atoms with van der Waals surface area (Å²) in [5.74, 6) is -1.21. The van der Waals surface area contributed by atoms with E-state index in [0.29, 0.717) is 18.3 Å². The highest BCUT2D eigenvalue weighted by atomic mass is 32.2. The van der Waals surface area contributed by atoms with Crippen molar-refractivity contribution in [3.05, 3.63) is 11.9 Å². The molecule has 0 aliphatic carbocycles. The second-order valence-corrected chi connectivity index (χ2v) is 6.51. The van der Waals surface area contributed by atoms with Crippen LogP contribution in [0.25, 0.3) is 0 Å². The number of carbonyl (C=O) groups excluding carboxylic acids is 1. The lowest BCUT2D eigenvalue weighted by molar-refractivity contribution is -0.143. The Bertz CT molecular complexity index is 506. The standard InChI is InChI=1S/C14H22N2O4S/c1-5-20-12(19)6-7-16-10(14(2,3)4)8-15-13(16)21-9-11(17)18/h8H,5-7,9H2,1-4H3,(H,17,18). The monoisotopic (exact) mass is 314 g/mol. The molecule has 1 N–H and O–H groups in total. The minimum atomic E-state index is -0.891. The molecule has 0 saturated heterocycles. The molecule has 0 amide bonds. The lowest BCUT2D eigenvalue weighted by Gasteiger charge is -2.21. The molecule has 0 atom stereocenters. The molecule has 0 radical (unpaired) electrons. The molecule has 0 saturated carbocycles.